The number of anilines is 1. The number of hydrogen-bond donors (Lipinski definition) is 2. The fourth-order valence-corrected chi connectivity index (χ4v) is 6.04. The number of aromatic nitrogens is 1. The molecule has 2 aromatic rings. The van der Waals surface area contributed by atoms with Crippen LogP contribution in [0.4, 0.5) is 10.2 Å². The van der Waals surface area contributed by atoms with Gasteiger partial charge in [0.1, 0.15) is 11.9 Å². The summed E-state index contributed by atoms with van der Waals surface area (Å²) in [6.45, 7) is 13.4. The average molecular weight is 571 g/mol. The van der Waals surface area contributed by atoms with Crippen molar-refractivity contribution in [3.05, 3.63) is 52.5 Å². The van der Waals surface area contributed by atoms with Crippen molar-refractivity contribution in [3.8, 4) is 5.75 Å². The number of aliphatic carboxylic acids is 1. The first kappa shape index (κ1) is 31.2. The molecule has 1 aromatic carbocycles. The number of hydrogen-bond acceptors (Lipinski definition) is 7. The summed E-state index contributed by atoms with van der Waals surface area (Å²) in [5.74, 6) is 0.0465. The predicted molar refractivity (Wildman–Crippen MR) is 159 cm³/mol. The van der Waals surface area contributed by atoms with Gasteiger partial charge < -0.3 is 19.9 Å². The van der Waals surface area contributed by atoms with Crippen LogP contribution in [0.3, 0.4) is 0 Å². The van der Waals surface area contributed by atoms with E-state index in [1.807, 2.05) is 18.7 Å². The zero-order valence-corrected chi connectivity index (χ0v) is 25.3. The number of carboxylic acids is 1. The quantitative estimate of drug-likeness (QED) is 0.303. The third-order valence-corrected chi connectivity index (χ3v) is 8.15. The molecule has 8 nitrogen and oxygen atoms in total. The van der Waals surface area contributed by atoms with Crippen LogP contribution < -0.4 is 10.1 Å². The molecule has 0 aliphatic carbocycles. The van der Waals surface area contributed by atoms with E-state index in [2.05, 4.69) is 36.2 Å². The van der Waals surface area contributed by atoms with E-state index in [1.165, 1.54) is 18.7 Å². The Hall–Kier alpha value is -2.75. The molecule has 226 valence electrons. The van der Waals surface area contributed by atoms with Crippen LogP contribution in [-0.4, -0.2) is 84.9 Å². The number of rotatable bonds is 14. The first-order valence-electron chi connectivity index (χ1n) is 15.1. The number of ether oxygens (including phenoxy) is 2. The first-order chi connectivity index (χ1) is 19.7. The maximum Gasteiger partial charge on any atom is 0.325 e. The summed E-state index contributed by atoms with van der Waals surface area (Å²) >= 11 is 0. The third kappa shape index (κ3) is 7.96. The number of fused-ring (bicyclic) bond motifs is 1. The van der Waals surface area contributed by atoms with E-state index >= 15 is 0 Å². The first-order valence-corrected chi connectivity index (χ1v) is 15.1. The summed E-state index contributed by atoms with van der Waals surface area (Å²) < 4.78 is 26.4. The standard InChI is InChI=1S/C32H47FN4O4/c1-21(2)19-36(14-16-41-15-11-25-9-8-23-7-6-12-34-31(23)35-25)26-10-13-37(20-26)29(32(38)39)27-17-24(22(3)4)18-28(33)30(27)40-5/h8-9,17-18,21-22,26,29H,6-7,10-16,19-20H2,1-5H3,(H,34,35)(H,38,39)/t26-,29-/m1/s1. The molecule has 1 fully saturated rings. The van der Waals surface area contributed by atoms with Gasteiger partial charge >= 0.3 is 5.97 Å². The van der Waals surface area contributed by atoms with Gasteiger partial charge in [-0.1, -0.05) is 33.8 Å². The van der Waals surface area contributed by atoms with E-state index in [4.69, 9.17) is 14.5 Å². The van der Waals surface area contributed by atoms with Crippen molar-refractivity contribution in [2.45, 2.75) is 71.4 Å². The molecule has 2 N–H and O–H groups in total. The molecule has 41 heavy (non-hydrogen) atoms. The monoisotopic (exact) mass is 570 g/mol. The number of aryl methyl sites for hydroxylation is 1. The number of halogens is 1. The molecule has 1 saturated heterocycles. The topological polar surface area (TPSA) is 87.2 Å². The zero-order chi connectivity index (χ0) is 29.5. The van der Waals surface area contributed by atoms with Crippen LogP contribution in [0.25, 0.3) is 0 Å². The normalized spacial score (nSPS) is 18.1. The number of carbonyl (C=O) groups is 1. The Kier molecular flexibility index (Phi) is 11.0. The minimum absolute atomic E-state index is 0.0156. The van der Waals surface area contributed by atoms with E-state index < -0.39 is 17.8 Å². The van der Waals surface area contributed by atoms with E-state index in [0.717, 1.165) is 62.4 Å². The number of likely N-dealkylation sites (tertiary alicyclic amines) is 1. The molecule has 0 saturated carbocycles. The molecule has 3 heterocycles. The molecular weight excluding hydrogens is 523 g/mol. The fraction of sp³-hybridized carbons (Fsp3) is 0.625. The van der Waals surface area contributed by atoms with Gasteiger partial charge in [-0.05, 0) is 60.4 Å². The molecule has 9 heteroatoms. The predicted octanol–water partition coefficient (Wildman–Crippen LogP) is 5.13. The highest BCUT2D eigenvalue weighted by Crippen LogP contribution is 2.37. The van der Waals surface area contributed by atoms with Crippen molar-refractivity contribution in [1.82, 2.24) is 14.8 Å². The van der Waals surface area contributed by atoms with E-state index in [-0.39, 0.29) is 17.7 Å². The Morgan fingerprint density at radius 1 is 1.24 bits per heavy atom. The molecule has 1 aromatic heterocycles. The van der Waals surface area contributed by atoms with Crippen LogP contribution in [0.5, 0.6) is 5.75 Å². The number of benzene rings is 1. The lowest BCUT2D eigenvalue weighted by molar-refractivity contribution is -0.143. The maximum absolute atomic E-state index is 14.9. The highest BCUT2D eigenvalue weighted by molar-refractivity contribution is 5.77. The van der Waals surface area contributed by atoms with Gasteiger partial charge in [0, 0.05) is 56.4 Å². The third-order valence-electron chi connectivity index (χ3n) is 8.15. The lowest BCUT2D eigenvalue weighted by atomic mass is 9.95. The van der Waals surface area contributed by atoms with Crippen LogP contribution >= 0.6 is 0 Å². The molecular formula is C32H47FN4O4. The Morgan fingerprint density at radius 3 is 2.76 bits per heavy atom. The maximum atomic E-state index is 14.9. The van der Waals surface area contributed by atoms with Crippen LogP contribution in [0.1, 0.15) is 74.9 Å². The summed E-state index contributed by atoms with van der Waals surface area (Å²) in [7, 11) is 1.39. The molecule has 0 unspecified atom stereocenters. The SMILES string of the molecule is COc1c(F)cc(C(C)C)cc1[C@H](C(=O)O)N1CC[C@@H](N(CCOCCc2ccc3c(n2)NCCC3)CC(C)C)C1. The Morgan fingerprint density at radius 2 is 2.05 bits per heavy atom. The minimum Gasteiger partial charge on any atom is -0.493 e. The lowest BCUT2D eigenvalue weighted by Crippen LogP contribution is -2.43. The van der Waals surface area contributed by atoms with Crippen molar-refractivity contribution in [1.29, 1.82) is 0 Å². The van der Waals surface area contributed by atoms with Crippen LogP contribution in [0, 0.1) is 11.7 Å². The lowest BCUT2D eigenvalue weighted by Gasteiger charge is -2.32. The van der Waals surface area contributed by atoms with Crippen LogP contribution in [-0.2, 0) is 22.4 Å². The van der Waals surface area contributed by atoms with Gasteiger partial charge in [-0.2, -0.15) is 0 Å². The van der Waals surface area contributed by atoms with Crippen LogP contribution in [0.15, 0.2) is 24.3 Å². The number of pyridine rings is 1. The van der Waals surface area contributed by atoms with Gasteiger partial charge in [0.05, 0.1) is 20.3 Å². The van der Waals surface area contributed by atoms with E-state index in [1.54, 1.807) is 6.07 Å². The number of carboxylic acid groups (broad SMARTS) is 1. The van der Waals surface area contributed by atoms with Gasteiger partial charge in [-0.15, -0.1) is 0 Å². The second-order valence-corrected chi connectivity index (χ2v) is 12.0. The Balaban J connectivity index is 1.37. The summed E-state index contributed by atoms with van der Waals surface area (Å²) in [6.07, 6.45) is 3.85. The zero-order valence-electron chi connectivity index (χ0n) is 25.3. The summed E-state index contributed by atoms with van der Waals surface area (Å²) in [4.78, 5) is 21.7. The molecule has 4 rings (SSSR count). The molecule has 0 spiro atoms. The average Bonchev–Trinajstić information content (AvgIpc) is 3.41. The minimum atomic E-state index is -0.992. The van der Waals surface area contributed by atoms with Crippen molar-refractivity contribution in [3.63, 3.8) is 0 Å². The van der Waals surface area contributed by atoms with Crippen molar-refractivity contribution in [2.75, 3.05) is 58.4 Å². The highest BCUT2D eigenvalue weighted by Gasteiger charge is 2.38. The molecule has 2 aliphatic heterocycles. The van der Waals surface area contributed by atoms with Gasteiger partial charge in [0.15, 0.2) is 11.6 Å². The number of nitrogens with one attached hydrogen (secondary N) is 1. The van der Waals surface area contributed by atoms with Crippen molar-refractivity contribution in [2.24, 2.45) is 5.92 Å². The second kappa shape index (κ2) is 14.4. The molecule has 0 radical (unpaired) electrons. The molecule has 2 atom stereocenters. The molecule has 0 amide bonds. The van der Waals surface area contributed by atoms with Gasteiger partial charge in [0.25, 0.3) is 0 Å². The van der Waals surface area contributed by atoms with Gasteiger partial charge in [-0.25, -0.2) is 9.37 Å². The van der Waals surface area contributed by atoms with Gasteiger partial charge in [-0.3, -0.25) is 14.6 Å². The highest BCUT2D eigenvalue weighted by atomic mass is 19.1. The van der Waals surface area contributed by atoms with Gasteiger partial charge in [0.2, 0.25) is 0 Å². The van der Waals surface area contributed by atoms with Crippen molar-refractivity contribution < 1.29 is 23.8 Å². The second-order valence-electron chi connectivity index (χ2n) is 12.0. The Bertz CT molecular complexity index is 1170. The van der Waals surface area contributed by atoms with E-state index in [0.29, 0.717) is 37.8 Å². The summed E-state index contributed by atoms with van der Waals surface area (Å²) in [5, 5.41) is 13.7. The van der Waals surface area contributed by atoms with Crippen molar-refractivity contribution >= 4 is 11.8 Å². The Labute approximate surface area is 244 Å². The molecule has 2 aliphatic rings. The number of methoxy groups -OCH3 is 1. The smallest absolute Gasteiger partial charge is 0.325 e. The largest absolute Gasteiger partial charge is 0.493 e. The number of nitrogens with zero attached hydrogens (tertiary/aromatic N) is 3. The summed E-state index contributed by atoms with van der Waals surface area (Å²) in [5.41, 5.74) is 3.48. The van der Waals surface area contributed by atoms with E-state index in [9.17, 15) is 14.3 Å². The fourth-order valence-electron chi connectivity index (χ4n) is 6.04. The van der Waals surface area contributed by atoms with Crippen LogP contribution in [0.2, 0.25) is 0 Å². The summed E-state index contributed by atoms with van der Waals surface area (Å²) in [6, 6.07) is 6.74. The molecule has 0 bridgehead atoms.